The number of hydrogen-bond donors (Lipinski definition) is 2. The first-order chi connectivity index (χ1) is 13.5. The molecule has 5 nitrogen and oxygen atoms in total. The molecule has 4 rings (SSSR count). The highest BCUT2D eigenvalue weighted by Crippen LogP contribution is 2.45. The summed E-state index contributed by atoms with van der Waals surface area (Å²) in [6.45, 7) is 7.04. The van der Waals surface area contributed by atoms with Crippen molar-refractivity contribution >= 4 is 33.6 Å². The first-order valence-corrected chi connectivity index (χ1v) is 10.6. The Balaban J connectivity index is 1.66. The number of nitrogens with zero attached hydrogens (tertiary/aromatic N) is 3. The van der Waals surface area contributed by atoms with Gasteiger partial charge in [0.15, 0.2) is 5.82 Å². The molecule has 1 unspecified atom stereocenters. The molecule has 28 heavy (non-hydrogen) atoms. The van der Waals surface area contributed by atoms with Crippen LogP contribution in [0.3, 0.4) is 0 Å². The van der Waals surface area contributed by atoms with E-state index in [-0.39, 0.29) is 5.75 Å². The molecule has 1 aliphatic rings. The number of phenolic OH excluding ortho intramolecular Hbond substituents is 1. The average molecular weight is 395 g/mol. The normalized spacial score (nSPS) is 17.2. The van der Waals surface area contributed by atoms with E-state index in [1.165, 1.54) is 23.3 Å². The molecule has 1 aromatic carbocycles. The van der Waals surface area contributed by atoms with E-state index >= 15 is 0 Å². The second kappa shape index (κ2) is 7.51. The molecule has 0 saturated heterocycles. The van der Waals surface area contributed by atoms with Crippen LogP contribution in [0.15, 0.2) is 35.7 Å². The van der Waals surface area contributed by atoms with Gasteiger partial charge in [0, 0.05) is 10.4 Å². The highest BCUT2D eigenvalue weighted by atomic mass is 32.1. The van der Waals surface area contributed by atoms with E-state index in [1.54, 1.807) is 36.0 Å². The van der Waals surface area contributed by atoms with Crippen LogP contribution in [-0.2, 0) is 12.8 Å². The smallest absolute Gasteiger partial charge is 0.158 e. The van der Waals surface area contributed by atoms with E-state index < -0.39 is 0 Å². The first kappa shape index (κ1) is 18.9. The molecule has 0 fully saturated rings. The third-order valence-corrected chi connectivity index (χ3v) is 7.37. The summed E-state index contributed by atoms with van der Waals surface area (Å²) in [6, 6.07) is 7.13. The van der Waals surface area contributed by atoms with Crippen LogP contribution in [0.2, 0.25) is 0 Å². The van der Waals surface area contributed by atoms with Crippen molar-refractivity contribution in [3.8, 4) is 5.75 Å². The van der Waals surface area contributed by atoms with Gasteiger partial charge in [-0.15, -0.1) is 11.3 Å². The number of para-hydroxylation sites is 1. The van der Waals surface area contributed by atoms with E-state index in [4.69, 9.17) is 0 Å². The molecule has 3 aromatic rings. The summed E-state index contributed by atoms with van der Waals surface area (Å²) in [7, 11) is 0. The Labute approximate surface area is 169 Å². The minimum Gasteiger partial charge on any atom is -0.507 e. The Hall–Kier alpha value is -2.47. The highest BCUT2D eigenvalue weighted by Gasteiger charge is 2.33. The lowest BCUT2D eigenvalue weighted by Crippen LogP contribution is -2.28. The number of aromatic hydroxyl groups is 1. The fourth-order valence-corrected chi connectivity index (χ4v) is 5.09. The third-order valence-electron chi connectivity index (χ3n) is 6.17. The number of hydrazone groups is 1. The van der Waals surface area contributed by atoms with Gasteiger partial charge in [-0.3, -0.25) is 5.43 Å². The molecule has 0 aliphatic heterocycles. The molecule has 0 spiro atoms. The summed E-state index contributed by atoms with van der Waals surface area (Å²) >= 11 is 1.78. The van der Waals surface area contributed by atoms with Gasteiger partial charge in [0.1, 0.15) is 16.9 Å². The minimum atomic E-state index is 0.207. The Morgan fingerprint density at radius 2 is 2.14 bits per heavy atom. The SMILES string of the molecule is CCC(C)(C)C1CCc2sc3ncnc(N/N=C/c4ccccc4O)c3c2C1. The van der Waals surface area contributed by atoms with E-state index in [0.717, 1.165) is 28.9 Å². The lowest BCUT2D eigenvalue weighted by molar-refractivity contribution is 0.184. The molecule has 2 N–H and O–H groups in total. The van der Waals surface area contributed by atoms with Crippen LogP contribution in [0.5, 0.6) is 5.75 Å². The summed E-state index contributed by atoms with van der Waals surface area (Å²) in [5.41, 5.74) is 5.46. The van der Waals surface area contributed by atoms with Crippen LogP contribution in [0.1, 0.15) is 49.6 Å². The first-order valence-electron chi connectivity index (χ1n) is 9.82. The number of benzene rings is 1. The van der Waals surface area contributed by atoms with Crippen LogP contribution < -0.4 is 5.43 Å². The monoisotopic (exact) mass is 394 g/mol. The van der Waals surface area contributed by atoms with Crippen LogP contribution in [0, 0.1) is 11.3 Å². The molecule has 2 aromatic heterocycles. The van der Waals surface area contributed by atoms with Gasteiger partial charge in [-0.05, 0) is 48.3 Å². The summed E-state index contributed by atoms with van der Waals surface area (Å²) in [5.74, 6) is 1.61. The Kier molecular flexibility index (Phi) is 5.06. The number of rotatable bonds is 5. The second-order valence-electron chi connectivity index (χ2n) is 8.12. The Morgan fingerprint density at radius 1 is 1.32 bits per heavy atom. The second-order valence-corrected chi connectivity index (χ2v) is 9.20. The highest BCUT2D eigenvalue weighted by molar-refractivity contribution is 7.19. The predicted octanol–water partition coefficient (Wildman–Crippen LogP) is 5.38. The van der Waals surface area contributed by atoms with Crippen molar-refractivity contribution < 1.29 is 5.11 Å². The molecular weight excluding hydrogens is 368 g/mol. The molecule has 2 heterocycles. The van der Waals surface area contributed by atoms with Gasteiger partial charge in [-0.25, -0.2) is 9.97 Å². The maximum absolute atomic E-state index is 9.89. The molecule has 6 heteroatoms. The number of fused-ring (bicyclic) bond motifs is 3. The molecule has 1 aliphatic carbocycles. The summed E-state index contributed by atoms with van der Waals surface area (Å²) in [6.07, 6.45) is 7.82. The minimum absolute atomic E-state index is 0.207. The fourth-order valence-electron chi connectivity index (χ4n) is 3.91. The van der Waals surface area contributed by atoms with Crippen LogP contribution in [-0.4, -0.2) is 21.3 Å². The van der Waals surface area contributed by atoms with E-state index in [0.29, 0.717) is 16.9 Å². The number of phenols is 1. The third kappa shape index (κ3) is 3.49. The van der Waals surface area contributed by atoms with E-state index in [9.17, 15) is 5.11 Å². The van der Waals surface area contributed by atoms with Crippen molar-refractivity contribution in [1.82, 2.24) is 9.97 Å². The number of nitrogens with one attached hydrogen (secondary N) is 1. The number of aryl methyl sites for hydroxylation is 1. The van der Waals surface area contributed by atoms with Crippen molar-refractivity contribution in [3.63, 3.8) is 0 Å². The quantitative estimate of drug-likeness (QED) is 0.450. The molecule has 0 radical (unpaired) electrons. The molecular formula is C22H26N4OS. The number of aromatic nitrogens is 2. The van der Waals surface area contributed by atoms with Crippen molar-refractivity contribution in [2.24, 2.45) is 16.4 Å². The van der Waals surface area contributed by atoms with Gasteiger partial charge in [0.25, 0.3) is 0 Å². The molecule has 0 bridgehead atoms. The summed E-state index contributed by atoms with van der Waals surface area (Å²) < 4.78 is 0. The zero-order valence-electron chi connectivity index (χ0n) is 16.6. The van der Waals surface area contributed by atoms with Gasteiger partial charge in [0.2, 0.25) is 0 Å². The van der Waals surface area contributed by atoms with Crippen LogP contribution in [0.25, 0.3) is 10.2 Å². The zero-order valence-corrected chi connectivity index (χ0v) is 17.4. The lowest BCUT2D eigenvalue weighted by Gasteiger charge is -2.36. The van der Waals surface area contributed by atoms with Crippen molar-refractivity contribution in [2.75, 3.05) is 5.43 Å². The molecule has 0 saturated carbocycles. The number of anilines is 1. The predicted molar refractivity (Wildman–Crippen MR) is 116 cm³/mol. The van der Waals surface area contributed by atoms with Crippen LogP contribution in [0.4, 0.5) is 5.82 Å². The van der Waals surface area contributed by atoms with Gasteiger partial charge in [-0.2, -0.15) is 5.10 Å². The molecule has 146 valence electrons. The standard InChI is InChI=1S/C22H26N4OS/c1-4-22(2,3)15-9-10-18-16(11-15)19-20(23-13-24-21(19)28-18)26-25-12-14-7-5-6-8-17(14)27/h5-8,12-13,15,27H,4,9-11H2,1-3H3,(H,23,24,26)/b25-12+. The van der Waals surface area contributed by atoms with E-state index in [1.807, 2.05) is 12.1 Å². The van der Waals surface area contributed by atoms with Gasteiger partial charge in [-0.1, -0.05) is 39.3 Å². The zero-order chi connectivity index (χ0) is 19.7. The topological polar surface area (TPSA) is 70.4 Å². The van der Waals surface area contributed by atoms with Crippen LogP contribution >= 0.6 is 11.3 Å². The molecule has 0 amide bonds. The fraction of sp³-hybridized carbons (Fsp3) is 0.409. The van der Waals surface area contributed by atoms with Crippen molar-refractivity contribution in [2.45, 2.75) is 46.5 Å². The summed E-state index contributed by atoms with van der Waals surface area (Å²) in [4.78, 5) is 11.4. The van der Waals surface area contributed by atoms with Gasteiger partial charge < -0.3 is 5.11 Å². The average Bonchev–Trinajstić information content (AvgIpc) is 3.08. The maximum atomic E-state index is 9.89. The Bertz CT molecular complexity index is 1020. The largest absolute Gasteiger partial charge is 0.507 e. The van der Waals surface area contributed by atoms with Crippen molar-refractivity contribution in [1.29, 1.82) is 0 Å². The number of hydrogen-bond acceptors (Lipinski definition) is 6. The van der Waals surface area contributed by atoms with Gasteiger partial charge >= 0.3 is 0 Å². The number of thiophene rings is 1. The maximum Gasteiger partial charge on any atom is 0.158 e. The van der Waals surface area contributed by atoms with Crippen molar-refractivity contribution in [3.05, 3.63) is 46.6 Å². The van der Waals surface area contributed by atoms with E-state index in [2.05, 4.69) is 41.3 Å². The Morgan fingerprint density at radius 3 is 2.93 bits per heavy atom. The molecule has 1 atom stereocenters. The lowest BCUT2D eigenvalue weighted by atomic mass is 9.69. The van der Waals surface area contributed by atoms with Gasteiger partial charge in [0.05, 0.1) is 11.6 Å². The summed E-state index contributed by atoms with van der Waals surface area (Å²) in [5, 5.41) is 15.3.